The molecule has 1 amide bonds. The van der Waals surface area contributed by atoms with E-state index in [2.05, 4.69) is 5.32 Å². The van der Waals surface area contributed by atoms with E-state index >= 15 is 0 Å². The van der Waals surface area contributed by atoms with Gasteiger partial charge in [0.15, 0.2) is 0 Å². The number of aliphatic carboxylic acids is 1. The van der Waals surface area contributed by atoms with Gasteiger partial charge in [0, 0.05) is 0 Å². The van der Waals surface area contributed by atoms with Crippen LogP contribution >= 0.6 is 15.3 Å². The first-order chi connectivity index (χ1) is 11.1. The normalized spacial score (nSPS) is 13.2. The van der Waals surface area contributed by atoms with E-state index in [4.69, 9.17) is 30.4 Å². The first-order valence-corrected chi connectivity index (χ1v) is 10.5. The highest BCUT2D eigenvalue weighted by Crippen LogP contribution is 2.39. The maximum absolute atomic E-state index is 11.2. The van der Waals surface area contributed by atoms with Crippen molar-refractivity contribution in [1.82, 2.24) is 10.4 Å². The van der Waals surface area contributed by atoms with Gasteiger partial charge in [0.1, 0.15) is 11.8 Å². The van der Waals surface area contributed by atoms with Crippen molar-refractivity contribution in [2.45, 2.75) is 45.4 Å². The molecule has 0 spiro atoms. The molecule has 166 valence electrons. The van der Waals surface area contributed by atoms with Gasteiger partial charge < -0.3 is 46.7 Å². The number of carboxylic acids is 1. The van der Waals surface area contributed by atoms with E-state index in [0.717, 1.165) is 0 Å². The third-order valence-electron chi connectivity index (χ3n) is 2.64. The Morgan fingerprint density at radius 2 is 1.52 bits per heavy atom. The maximum Gasteiger partial charge on any atom is 0.400 e. The van der Waals surface area contributed by atoms with Crippen LogP contribution < -0.4 is 16.1 Å². The monoisotopic (exact) mass is 443 g/mol. The fraction of sp³-hybridized carbons (Fsp3) is 0.818. The zero-order chi connectivity index (χ0) is 20.4. The first-order valence-electron chi connectivity index (χ1n) is 7.23. The summed E-state index contributed by atoms with van der Waals surface area (Å²) >= 11 is 0. The average molecular weight is 443 g/mol. The van der Waals surface area contributed by atoms with Gasteiger partial charge in [-0.05, 0) is 18.8 Å². The van der Waals surface area contributed by atoms with Crippen LogP contribution in [0.1, 0.15) is 33.6 Å². The highest BCUT2D eigenvalue weighted by molar-refractivity contribution is 7.52. The minimum atomic E-state index is -4.47. The van der Waals surface area contributed by atoms with Gasteiger partial charge in [-0.2, -0.15) is 0 Å². The van der Waals surface area contributed by atoms with Crippen LogP contribution in [0, 0.1) is 5.92 Å². The van der Waals surface area contributed by atoms with Crippen LogP contribution in [0.4, 0.5) is 0 Å². The van der Waals surface area contributed by atoms with Gasteiger partial charge in [-0.25, -0.2) is 14.4 Å². The predicted molar refractivity (Wildman–Crippen MR) is 96.6 cm³/mol. The molecule has 0 saturated carbocycles. The molecule has 0 aromatic heterocycles. The molecule has 0 heterocycles. The Morgan fingerprint density at radius 3 is 1.74 bits per heavy atom. The molecule has 2 atom stereocenters. The van der Waals surface area contributed by atoms with Crippen molar-refractivity contribution in [3.8, 4) is 0 Å². The molecule has 0 rings (SSSR count). The fourth-order valence-corrected chi connectivity index (χ4v) is 2.18. The zero-order valence-corrected chi connectivity index (χ0v) is 17.0. The molecule has 0 aliphatic carbocycles. The average Bonchev–Trinajstić information content (AvgIpc) is 2.41. The van der Waals surface area contributed by atoms with Crippen LogP contribution in [0.15, 0.2) is 0 Å². The van der Waals surface area contributed by atoms with Crippen molar-refractivity contribution >= 4 is 27.2 Å². The van der Waals surface area contributed by atoms with Gasteiger partial charge in [-0.15, -0.1) is 0 Å². The lowest BCUT2D eigenvalue weighted by Gasteiger charge is -2.16. The SMILES string of the molecule is CC(C)CC(NC(=O)CNP(=O)(O)O)C(=O)O.CCC(N)P(=O)(O)O.O.O. The Hall–Kier alpha value is -0.920. The molecular formula is C11H31N3O11P2. The van der Waals surface area contributed by atoms with Crippen molar-refractivity contribution in [2.75, 3.05) is 6.54 Å². The van der Waals surface area contributed by atoms with Crippen LogP contribution in [-0.4, -0.2) is 65.9 Å². The van der Waals surface area contributed by atoms with Crippen molar-refractivity contribution in [2.24, 2.45) is 11.7 Å². The minimum absolute atomic E-state index is 0. The van der Waals surface area contributed by atoms with Gasteiger partial charge in [0.05, 0.1) is 6.54 Å². The van der Waals surface area contributed by atoms with Crippen molar-refractivity contribution in [3.63, 3.8) is 0 Å². The molecule has 0 aromatic carbocycles. The minimum Gasteiger partial charge on any atom is -0.480 e. The summed E-state index contributed by atoms with van der Waals surface area (Å²) in [4.78, 5) is 55.5. The quantitative estimate of drug-likeness (QED) is 0.172. The number of hydrogen-bond donors (Lipinski definition) is 8. The molecule has 13 N–H and O–H groups in total. The number of carbonyl (C=O) groups excluding carboxylic acids is 1. The molecule has 0 fully saturated rings. The highest BCUT2D eigenvalue weighted by atomic mass is 31.2. The largest absolute Gasteiger partial charge is 0.480 e. The number of carboxylic acid groups (broad SMARTS) is 1. The van der Waals surface area contributed by atoms with Crippen LogP contribution in [0.3, 0.4) is 0 Å². The smallest absolute Gasteiger partial charge is 0.400 e. The van der Waals surface area contributed by atoms with Crippen molar-refractivity contribution < 1.29 is 54.4 Å². The molecule has 0 saturated heterocycles. The molecule has 0 aromatic rings. The van der Waals surface area contributed by atoms with E-state index in [1.165, 1.54) is 0 Å². The van der Waals surface area contributed by atoms with Gasteiger partial charge in [-0.1, -0.05) is 20.8 Å². The zero-order valence-electron chi connectivity index (χ0n) is 15.2. The third-order valence-corrected chi connectivity index (χ3v) is 4.44. The molecule has 0 aliphatic heterocycles. The van der Waals surface area contributed by atoms with Crippen LogP contribution in [0.5, 0.6) is 0 Å². The second kappa shape index (κ2) is 15.1. The van der Waals surface area contributed by atoms with E-state index in [-0.39, 0.29) is 23.3 Å². The second-order valence-electron chi connectivity index (χ2n) is 5.53. The fourth-order valence-electron chi connectivity index (χ4n) is 1.35. The predicted octanol–water partition coefficient (Wildman–Crippen LogP) is -2.51. The van der Waals surface area contributed by atoms with E-state index < -0.39 is 45.6 Å². The third kappa shape index (κ3) is 21.2. The summed E-state index contributed by atoms with van der Waals surface area (Å²) in [5, 5.41) is 12.7. The molecular weight excluding hydrogens is 412 g/mol. The van der Waals surface area contributed by atoms with Gasteiger partial charge >= 0.3 is 21.3 Å². The Labute approximate surface area is 156 Å². The Bertz CT molecular complexity index is 520. The lowest BCUT2D eigenvalue weighted by molar-refractivity contribution is -0.142. The van der Waals surface area contributed by atoms with E-state index in [0.29, 0.717) is 6.42 Å². The van der Waals surface area contributed by atoms with E-state index in [1.54, 1.807) is 25.9 Å². The molecule has 0 radical (unpaired) electrons. The molecule has 27 heavy (non-hydrogen) atoms. The summed E-state index contributed by atoms with van der Waals surface area (Å²) in [6, 6.07) is -1.05. The van der Waals surface area contributed by atoms with Crippen LogP contribution in [-0.2, 0) is 18.7 Å². The highest BCUT2D eigenvalue weighted by Gasteiger charge is 2.22. The van der Waals surface area contributed by atoms with Gasteiger partial charge in [0.25, 0.3) is 0 Å². The number of nitrogens with one attached hydrogen (secondary N) is 2. The topological polar surface area (TPSA) is 283 Å². The van der Waals surface area contributed by atoms with E-state index in [9.17, 15) is 18.7 Å². The molecule has 14 nitrogen and oxygen atoms in total. The Balaban J connectivity index is -0.000000226. The number of nitrogens with two attached hydrogens (primary N) is 1. The Kier molecular flexibility index (Phi) is 18.8. The summed E-state index contributed by atoms with van der Waals surface area (Å²) in [5.74, 6) is -2.86. The van der Waals surface area contributed by atoms with Crippen molar-refractivity contribution in [3.05, 3.63) is 0 Å². The Morgan fingerprint density at radius 1 is 1.07 bits per heavy atom. The van der Waals surface area contributed by atoms with Crippen LogP contribution in [0.2, 0.25) is 0 Å². The number of hydrogen-bond acceptors (Lipinski definition) is 5. The summed E-state index contributed by atoms with van der Waals surface area (Å²) < 4.78 is 20.6. The van der Waals surface area contributed by atoms with Crippen LogP contribution in [0.25, 0.3) is 0 Å². The first kappa shape index (κ1) is 33.6. The molecule has 16 heteroatoms. The number of amides is 1. The number of carbonyl (C=O) groups is 2. The summed E-state index contributed by atoms with van der Waals surface area (Å²) in [6.07, 6.45) is 0.557. The summed E-state index contributed by atoms with van der Waals surface area (Å²) in [6.45, 7) is 4.60. The number of rotatable bonds is 9. The van der Waals surface area contributed by atoms with E-state index in [1.807, 2.05) is 0 Å². The molecule has 2 unspecified atom stereocenters. The van der Waals surface area contributed by atoms with Gasteiger partial charge in [-0.3, -0.25) is 9.36 Å². The maximum atomic E-state index is 11.2. The molecule has 0 bridgehead atoms. The summed E-state index contributed by atoms with van der Waals surface area (Å²) in [7, 11) is -8.45. The lowest BCUT2D eigenvalue weighted by Crippen LogP contribution is -2.44. The summed E-state index contributed by atoms with van der Waals surface area (Å²) in [5.41, 5.74) is 4.99. The van der Waals surface area contributed by atoms with Crippen molar-refractivity contribution in [1.29, 1.82) is 0 Å². The second-order valence-corrected chi connectivity index (χ2v) is 8.78. The lowest BCUT2D eigenvalue weighted by atomic mass is 10.0. The van der Waals surface area contributed by atoms with Gasteiger partial charge in [0.2, 0.25) is 5.91 Å². The standard InChI is InChI=1S/C8H17N2O6P.C3H10NO3P.2H2O/c1-5(2)3-6(8(12)13)10-7(11)4-9-17(14,15)16;1-2-3(4)8(5,6)7;;/h5-6H,3-4H2,1-2H3,(H,10,11)(H,12,13)(H3,9,14,15,16);3H,2,4H2,1H3,(H2,5,6,7);2*1H2. The molecule has 0 aliphatic rings.